The third-order valence-electron chi connectivity index (χ3n) is 5.37. The van der Waals surface area contributed by atoms with Crippen LogP contribution in [0.4, 0.5) is 0 Å². The Kier molecular flexibility index (Phi) is 6.07. The molecular weight excluding hydrogens is 370 g/mol. The summed E-state index contributed by atoms with van der Waals surface area (Å²) in [6, 6.07) is 9.89. The van der Waals surface area contributed by atoms with E-state index >= 15 is 0 Å². The number of thiophene rings is 1. The maximum absolute atomic E-state index is 12.6. The fraction of sp³-hybridized carbons (Fsp3) is 0.455. The van der Waals surface area contributed by atoms with Crippen LogP contribution in [0.15, 0.2) is 30.3 Å². The number of carbonyl (C=O) groups excluding carboxylic acids is 1. The quantitative estimate of drug-likeness (QED) is 0.624. The van der Waals surface area contributed by atoms with Gasteiger partial charge in [0.25, 0.3) is 5.91 Å². The van der Waals surface area contributed by atoms with Crippen LogP contribution in [0, 0.1) is 0 Å². The lowest BCUT2D eigenvalue weighted by molar-refractivity contribution is 0.0956. The van der Waals surface area contributed by atoms with Gasteiger partial charge in [0, 0.05) is 23.4 Å². The molecule has 1 aliphatic rings. The molecule has 148 valence electrons. The van der Waals surface area contributed by atoms with E-state index in [2.05, 4.69) is 16.3 Å². The summed E-state index contributed by atoms with van der Waals surface area (Å²) in [5.74, 6) is 0.791. The number of likely N-dealkylation sites (tertiary alicyclic amines) is 1. The second-order valence-electron chi connectivity index (χ2n) is 7.42. The average molecular weight is 398 g/mol. The lowest BCUT2D eigenvalue weighted by Gasteiger charge is -2.19. The molecule has 0 bridgehead atoms. The third-order valence-corrected chi connectivity index (χ3v) is 6.41. The molecule has 3 aromatic rings. The molecule has 1 N–H and O–H groups in total. The Balaban J connectivity index is 1.37. The van der Waals surface area contributed by atoms with Gasteiger partial charge in [-0.2, -0.15) is 0 Å². The van der Waals surface area contributed by atoms with Crippen molar-refractivity contribution in [2.75, 3.05) is 33.3 Å². The second kappa shape index (κ2) is 8.88. The lowest BCUT2D eigenvalue weighted by Crippen LogP contribution is -2.30. The van der Waals surface area contributed by atoms with E-state index in [0.717, 1.165) is 51.3 Å². The number of amides is 1. The summed E-state index contributed by atoms with van der Waals surface area (Å²) < 4.78 is 5.28. The number of benzene rings is 1. The van der Waals surface area contributed by atoms with Crippen LogP contribution in [0.5, 0.6) is 5.75 Å². The van der Waals surface area contributed by atoms with Crippen molar-refractivity contribution in [1.29, 1.82) is 0 Å². The first-order valence-corrected chi connectivity index (χ1v) is 10.9. The molecule has 6 heteroatoms. The van der Waals surface area contributed by atoms with Gasteiger partial charge in [-0.3, -0.25) is 4.79 Å². The molecule has 1 aromatic carbocycles. The van der Waals surface area contributed by atoms with Crippen LogP contribution < -0.4 is 10.1 Å². The van der Waals surface area contributed by atoms with Gasteiger partial charge in [-0.05, 0) is 63.2 Å². The zero-order valence-corrected chi connectivity index (χ0v) is 17.2. The van der Waals surface area contributed by atoms with Gasteiger partial charge in [-0.1, -0.05) is 12.8 Å². The van der Waals surface area contributed by atoms with Gasteiger partial charge in [-0.25, -0.2) is 4.98 Å². The zero-order chi connectivity index (χ0) is 19.3. The van der Waals surface area contributed by atoms with E-state index in [1.807, 2.05) is 24.3 Å². The molecule has 28 heavy (non-hydrogen) atoms. The van der Waals surface area contributed by atoms with Crippen molar-refractivity contribution < 1.29 is 9.53 Å². The molecule has 1 aliphatic heterocycles. The van der Waals surface area contributed by atoms with E-state index < -0.39 is 0 Å². The fourth-order valence-corrected chi connectivity index (χ4v) is 4.73. The Bertz CT molecular complexity index is 961. The largest absolute Gasteiger partial charge is 0.497 e. The van der Waals surface area contributed by atoms with Gasteiger partial charge >= 0.3 is 0 Å². The number of hydrogen-bond acceptors (Lipinski definition) is 5. The molecule has 0 saturated carbocycles. The minimum Gasteiger partial charge on any atom is -0.497 e. The number of ether oxygens (including phenoxy) is 1. The summed E-state index contributed by atoms with van der Waals surface area (Å²) in [5.41, 5.74) is 0.887. The summed E-state index contributed by atoms with van der Waals surface area (Å²) in [6.45, 7) is 4.19. The summed E-state index contributed by atoms with van der Waals surface area (Å²) in [4.78, 5) is 21.4. The van der Waals surface area contributed by atoms with E-state index in [4.69, 9.17) is 9.72 Å². The molecule has 0 spiro atoms. The number of hydrogen-bond donors (Lipinski definition) is 1. The van der Waals surface area contributed by atoms with Crippen LogP contribution in [0.3, 0.4) is 0 Å². The molecule has 0 unspecified atom stereocenters. The zero-order valence-electron chi connectivity index (χ0n) is 16.4. The first-order valence-electron chi connectivity index (χ1n) is 10.1. The smallest absolute Gasteiger partial charge is 0.261 e. The van der Waals surface area contributed by atoms with Gasteiger partial charge in [-0.15, -0.1) is 11.3 Å². The van der Waals surface area contributed by atoms with Crippen LogP contribution in [-0.2, 0) is 0 Å². The maximum Gasteiger partial charge on any atom is 0.261 e. The monoisotopic (exact) mass is 397 g/mol. The van der Waals surface area contributed by atoms with Crippen molar-refractivity contribution in [1.82, 2.24) is 15.2 Å². The molecule has 1 fully saturated rings. The average Bonchev–Trinajstić information content (AvgIpc) is 2.95. The Morgan fingerprint density at radius 2 is 1.96 bits per heavy atom. The Morgan fingerprint density at radius 1 is 1.14 bits per heavy atom. The van der Waals surface area contributed by atoms with Crippen molar-refractivity contribution in [3.8, 4) is 5.75 Å². The van der Waals surface area contributed by atoms with Gasteiger partial charge in [0.15, 0.2) is 0 Å². The van der Waals surface area contributed by atoms with Crippen molar-refractivity contribution in [3.63, 3.8) is 0 Å². The standard InChI is InChI=1S/C22H27N3O2S/c1-27-18-8-7-16-13-17-14-20(28-22(17)24-19(16)15-18)21(26)23-9-6-12-25-10-4-2-3-5-11-25/h7-8,13-15H,2-6,9-12H2,1H3,(H,23,26). The Hall–Kier alpha value is -2.18. The molecule has 5 nitrogen and oxygen atoms in total. The Morgan fingerprint density at radius 3 is 2.75 bits per heavy atom. The third kappa shape index (κ3) is 4.45. The minimum atomic E-state index is 0.000466. The summed E-state index contributed by atoms with van der Waals surface area (Å²) >= 11 is 1.45. The van der Waals surface area contributed by atoms with Gasteiger partial charge in [0.1, 0.15) is 10.6 Å². The van der Waals surface area contributed by atoms with Crippen LogP contribution in [0.1, 0.15) is 41.8 Å². The Labute approximate surface area is 169 Å². The van der Waals surface area contributed by atoms with Crippen LogP contribution in [0.2, 0.25) is 0 Å². The van der Waals surface area contributed by atoms with E-state index in [9.17, 15) is 4.79 Å². The molecular formula is C22H27N3O2S. The highest BCUT2D eigenvalue weighted by molar-refractivity contribution is 7.20. The van der Waals surface area contributed by atoms with E-state index in [1.54, 1.807) is 7.11 Å². The highest BCUT2D eigenvalue weighted by Gasteiger charge is 2.13. The van der Waals surface area contributed by atoms with Gasteiger partial charge in [0.2, 0.25) is 0 Å². The molecule has 3 heterocycles. The van der Waals surface area contributed by atoms with Gasteiger partial charge in [0.05, 0.1) is 17.5 Å². The minimum absolute atomic E-state index is 0.000466. The first-order chi connectivity index (χ1) is 13.7. The molecule has 0 radical (unpaired) electrons. The number of pyridine rings is 1. The SMILES string of the molecule is COc1ccc2cc3cc(C(=O)NCCCN4CCCCCC4)sc3nc2c1. The predicted molar refractivity (Wildman–Crippen MR) is 116 cm³/mol. The van der Waals surface area contributed by atoms with Crippen molar-refractivity contribution in [3.05, 3.63) is 35.2 Å². The summed E-state index contributed by atoms with van der Waals surface area (Å²) in [5, 5.41) is 5.13. The number of nitrogens with zero attached hydrogens (tertiary/aromatic N) is 2. The predicted octanol–water partition coefficient (Wildman–Crippen LogP) is 4.45. The highest BCUT2D eigenvalue weighted by Crippen LogP contribution is 2.29. The number of nitrogens with one attached hydrogen (secondary N) is 1. The van der Waals surface area contributed by atoms with Crippen molar-refractivity contribution in [2.24, 2.45) is 0 Å². The molecule has 1 saturated heterocycles. The normalized spacial score (nSPS) is 15.6. The topological polar surface area (TPSA) is 54.5 Å². The number of carbonyl (C=O) groups is 1. The molecule has 2 aromatic heterocycles. The fourth-order valence-electron chi connectivity index (χ4n) is 3.80. The van der Waals surface area contributed by atoms with Crippen molar-refractivity contribution in [2.45, 2.75) is 32.1 Å². The van der Waals surface area contributed by atoms with Crippen LogP contribution in [0.25, 0.3) is 21.1 Å². The number of methoxy groups -OCH3 is 1. The van der Waals surface area contributed by atoms with E-state index in [-0.39, 0.29) is 5.91 Å². The summed E-state index contributed by atoms with van der Waals surface area (Å²) in [7, 11) is 1.65. The highest BCUT2D eigenvalue weighted by atomic mass is 32.1. The number of fused-ring (bicyclic) bond motifs is 2. The summed E-state index contributed by atoms with van der Waals surface area (Å²) in [6.07, 6.45) is 6.32. The van der Waals surface area contributed by atoms with Crippen LogP contribution >= 0.6 is 11.3 Å². The molecule has 1 amide bonds. The van der Waals surface area contributed by atoms with Crippen molar-refractivity contribution >= 4 is 38.4 Å². The van der Waals surface area contributed by atoms with Crippen LogP contribution in [-0.4, -0.2) is 49.1 Å². The van der Waals surface area contributed by atoms with E-state index in [1.165, 1.54) is 50.1 Å². The molecule has 0 aliphatic carbocycles. The first kappa shape index (κ1) is 19.2. The lowest BCUT2D eigenvalue weighted by atomic mass is 10.2. The number of rotatable bonds is 6. The second-order valence-corrected chi connectivity index (χ2v) is 8.45. The molecule has 4 rings (SSSR count). The molecule has 0 atom stereocenters. The van der Waals surface area contributed by atoms with E-state index in [0.29, 0.717) is 0 Å². The maximum atomic E-state index is 12.6. The number of aromatic nitrogens is 1. The van der Waals surface area contributed by atoms with Gasteiger partial charge < -0.3 is 15.0 Å².